The summed E-state index contributed by atoms with van der Waals surface area (Å²) < 4.78 is 40.8. The molecule has 29 heavy (non-hydrogen) atoms. The van der Waals surface area contributed by atoms with E-state index in [4.69, 9.17) is 0 Å². The monoisotopic (exact) mass is 416 g/mol. The highest BCUT2D eigenvalue weighted by Gasteiger charge is 2.24. The van der Waals surface area contributed by atoms with Crippen LogP contribution in [0.1, 0.15) is 5.56 Å². The molecule has 0 bridgehead atoms. The Morgan fingerprint density at radius 1 is 1.07 bits per heavy atom. The zero-order valence-electron chi connectivity index (χ0n) is 16.1. The lowest BCUT2D eigenvalue weighted by atomic mass is 10.3. The minimum absolute atomic E-state index is 0.0685. The predicted octanol–water partition coefficient (Wildman–Crippen LogP) is 2.29. The lowest BCUT2D eigenvalue weighted by Crippen LogP contribution is -2.39. The molecular weight excluding hydrogens is 395 g/mol. The van der Waals surface area contributed by atoms with Crippen molar-refractivity contribution in [3.05, 3.63) is 78.4 Å². The summed E-state index contributed by atoms with van der Waals surface area (Å²) in [5, 5.41) is 4.29. The molecule has 0 aliphatic rings. The van der Waals surface area contributed by atoms with E-state index in [0.717, 1.165) is 27.7 Å². The van der Waals surface area contributed by atoms with Crippen LogP contribution in [0.3, 0.4) is 0 Å². The van der Waals surface area contributed by atoms with Crippen LogP contribution in [0.2, 0.25) is 0 Å². The largest absolute Gasteiger partial charge is 0.340 e. The van der Waals surface area contributed by atoms with E-state index < -0.39 is 15.8 Å². The Hall–Kier alpha value is -3.04. The Balaban J connectivity index is 1.63. The fourth-order valence-corrected chi connectivity index (χ4v) is 3.83. The van der Waals surface area contributed by atoms with Crippen LogP contribution in [0.15, 0.2) is 71.9 Å². The third kappa shape index (κ3) is 4.87. The molecule has 3 aromatic rings. The summed E-state index contributed by atoms with van der Waals surface area (Å²) in [6, 6.07) is 14.0. The molecule has 0 spiro atoms. The number of amides is 1. The van der Waals surface area contributed by atoms with Crippen LogP contribution >= 0.6 is 0 Å². The van der Waals surface area contributed by atoms with Gasteiger partial charge >= 0.3 is 0 Å². The molecule has 9 heteroatoms. The fourth-order valence-electron chi connectivity index (χ4n) is 2.71. The minimum atomic E-state index is -3.89. The molecule has 1 aromatic heterocycles. The third-order valence-electron chi connectivity index (χ3n) is 4.38. The van der Waals surface area contributed by atoms with Gasteiger partial charge in [-0.05, 0) is 36.4 Å². The molecule has 0 saturated heterocycles. The number of likely N-dealkylation sites (N-methyl/N-ethyl adjacent to an activating group) is 2. The average molecular weight is 416 g/mol. The maximum Gasteiger partial charge on any atom is 0.243 e. The Labute approximate surface area is 169 Å². The second kappa shape index (κ2) is 8.54. The molecule has 0 aliphatic carbocycles. The van der Waals surface area contributed by atoms with Gasteiger partial charge in [0.25, 0.3) is 0 Å². The van der Waals surface area contributed by atoms with Crippen LogP contribution in [0.25, 0.3) is 5.69 Å². The van der Waals surface area contributed by atoms with E-state index in [9.17, 15) is 17.6 Å². The van der Waals surface area contributed by atoms with Crippen LogP contribution < -0.4 is 0 Å². The number of benzene rings is 2. The number of hydrogen-bond donors (Lipinski definition) is 0. The van der Waals surface area contributed by atoms with Crippen molar-refractivity contribution in [1.29, 1.82) is 0 Å². The van der Waals surface area contributed by atoms with Crippen molar-refractivity contribution in [1.82, 2.24) is 19.0 Å². The van der Waals surface area contributed by atoms with Crippen molar-refractivity contribution >= 4 is 15.9 Å². The SMILES string of the molecule is CN(Cc1cnn(-c2ccccc2)c1)C(=O)CN(C)S(=O)(=O)c1ccc(F)cc1. The molecule has 0 unspecified atom stereocenters. The van der Waals surface area contributed by atoms with Gasteiger partial charge in [0.15, 0.2) is 0 Å². The van der Waals surface area contributed by atoms with E-state index in [-0.39, 0.29) is 23.9 Å². The maximum atomic E-state index is 13.0. The Bertz CT molecular complexity index is 1080. The second-order valence-corrected chi connectivity index (χ2v) is 8.64. The molecule has 1 amide bonds. The van der Waals surface area contributed by atoms with Crippen LogP contribution in [-0.4, -0.2) is 54.0 Å². The van der Waals surface area contributed by atoms with E-state index in [2.05, 4.69) is 5.10 Å². The van der Waals surface area contributed by atoms with Crippen molar-refractivity contribution in [2.45, 2.75) is 11.4 Å². The van der Waals surface area contributed by atoms with Crippen LogP contribution in [0.5, 0.6) is 0 Å². The van der Waals surface area contributed by atoms with E-state index in [0.29, 0.717) is 0 Å². The van der Waals surface area contributed by atoms with Crippen molar-refractivity contribution in [3.63, 3.8) is 0 Å². The number of carbonyl (C=O) groups excluding carboxylic acids is 1. The second-order valence-electron chi connectivity index (χ2n) is 6.59. The Morgan fingerprint density at radius 3 is 2.38 bits per heavy atom. The van der Waals surface area contributed by atoms with Gasteiger partial charge in [-0.25, -0.2) is 17.5 Å². The van der Waals surface area contributed by atoms with Gasteiger partial charge in [-0.2, -0.15) is 9.40 Å². The minimum Gasteiger partial charge on any atom is -0.340 e. The molecule has 0 N–H and O–H groups in total. The number of halogens is 1. The molecule has 152 valence electrons. The number of rotatable bonds is 7. The first-order valence-corrected chi connectivity index (χ1v) is 10.3. The highest BCUT2D eigenvalue weighted by molar-refractivity contribution is 7.89. The molecule has 1 heterocycles. The zero-order valence-corrected chi connectivity index (χ0v) is 16.9. The first kappa shape index (κ1) is 20.7. The molecule has 0 radical (unpaired) electrons. The highest BCUT2D eigenvalue weighted by Crippen LogP contribution is 2.15. The van der Waals surface area contributed by atoms with Gasteiger partial charge in [0.1, 0.15) is 5.82 Å². The van der Waals surface area contributed by atoms with Crippen molar-refractivity contribution in [2.24, 2.45) is 0 Å². The summed E-state index contributed by atoms with van der Waals surface area (Å²) in [5.74, 6) is -0.899. The van der Waals surface area contributed by atoms with E-state index >= 15 is 0 Å². The lowest BCUT2D eigenvalue weighted by Gasteiger charge is -2.21. The topological polar surface area (TPSA) is 75.5 Å². The summed E-state index contributed by atoms with van der Waals surface area (Å²) in [5.41, 5.74) is 1.71. The maximum absolute atomic E-state index is 13.0. The zero-order chi connectivity index (χ0) is 21.0. The molecule has 0 saturated carbocycles. The molecule has 0 fully saturated rings. The smallest absolute Gasteiger partial charge is 0.243 e. The number of nitrogens with zero attached hydrogens (tertiary/aromatic N) is 4. The first-order chi connectivity index (χ1) is 13.8. The summed E-state index contributed by atoms with van der Waals surface area (Å²) in [6.45, 7) is -0.0425. The highest BCUT2D eigenvalue weighted by atomic mass is 32.2. The first-order valence-electron chi connectivity index (χ1n) is 8.82. The summed E-state index contributed by atoms with van der Waals surface area (Å²) in [7, 11) is -0.971. The van der Waals surface area contributed by atoms with E-state index in [1.807, 2.05) is 36.5 Å². The number of para-hydroxylation sites is 1. The van der Waals surface area contributed by atoms with Crippen molar-refractivity contribution in [2.75, 3.05) is 20.6 Å². The molecule has 2 aromatic carbocycles. The number of sulfonamides is 1. The van der Waals surface area contributed by atoms with Gasteiger partial charge in [-0.3, -0.25) is 4.79 Å². The summed E-state index contributed by atoms with van der Waals surface area (Å²) in [4.78, 5) is 13.9. The van der Waals surface area contributed by atoms with Crippen LogP contribution in [0.4, 0.5) is 4.39 Å². The van der Waals surface area contributed by atoms with Gasteiger partial charge in [0.2, 0.25) is 15.9 Å². The third-order valence-corrected chi connectivity index (χ3v) is 6.20. The summed E-state index contributed by atoms with van der Waals surface area (Å²) in [6.07, 6.45) is 3.48. The molecular formula is C20H21FN4O3S. The average Bonchev–Trinajstić information content (AvgIpc) is 3.17. The van der Waals surface area contributed by atoms with Crippen LogP contribution in [-0.2, 0) is 21.4 Å². The van der Waals surface area contributed by atoms with Crippen molar-refractivity contribution in [3.8, 4) is 5.69 Å². The van der Waals surface area contributed by atoms with Crippen LogP contribution in [0, 0.1) is 5.82 Å². The Morgan fingerprint density at radius 2 is 1.72 bits per heavy atom. The fraction of sp³-hybridized carbons (Fsp3) is 0.200. The summed E-state index contributed by atoms with van der Waals surface area (Å²) >= 11 is 0. The van der Waals surface area contributed by atoms with E-state index in [1.165, 1.54) is 24.1 Å². The molecule has 0 atom stereocenters. The number of carbonyl (C=O) groups is 1. The van der Waals surface area contributed by atoms with Gasteiger partial charge < -0.3 is 4.90 Å². The van der Waals surface area contributed by atoms with Gasteiger partial charge in [0, 0.05) is 32.4 Å². The Kier molecular flexibility index (Phi) is 6.09. The normalized spacial score (nSPS) is 11.6. The quantitative estimate of drug-likeness (QED) is 0.592. The standard InChI is InChI=1S/C20H21FN4O3S/c1-23(13-16-12-22-25(14-16)18-6-4-3-5-7-18)20(26)15-24(2)29(27,28)19-10-8-17(21)9-11-19/h3-12,14H,13,15H2,1-2H3. The van der Waals surface area contributed by atoms with Crippen molar-refractivity contribution < 1.29 is 17.6 Å². The molecule has 3 rings (SSSR count). The lowest BCUT2D eigenvalue weighted by molar-refractivity contribution is -0.130. The van der Waals surface area contributed by atoms with E-state index in [1.54, 1.807) is 17.9 Å². The van der Waals surface area contributed by atoms with Gasteiger partial charge in [-0.1, -0.05) is 18.2 Å². The number of hydrogen-bond acceptors (Lipinski definition) is 4. The molecule has 7 nitrogen and oxygen atoms in total. The predicted molar refractivity (Wildman–Crippen MR) is 106 cm³/mol. The van der Waals surface area contributed by atoms with Gasteiger partial charge in [-0.15, -0.1) is 0 Å². The number of aromatic nitrogens is 2. The van der Waals surface area contributed by atoms with Gasteiger partial charge in [0.05, 0.1) is 23.3 Å². The molecule has 0 aliphatic heterocycles.